The molecule has 25 heavy (non-hydrogen) atoms. The zero-order valence-electron chi connectivity index (χ0n) is 14.3. The summed E-state index contributed by atoms with van der Waals surface area (Å²) in [5.74, 6) is 2.84. The van der Waals surface area contributed by atoms with Crippen LogP contribution in [-0.4, -0.2) is 20.2 Å². The Bertz CT molecular complexity index is 917. The van der Waals surface area contributed by atoms with E-state index in [1.807, 2.05) is 12.1 Å². The number of halogens is 2. The average molecular weight is 375 g/mol. The van der Waals surface area contributed by atoms with Crippen LogP contribution in [0.2, 0.25) is 10.0 Å². The highest BCUT2D eigenvalue weighted by Gasteiger charge is 2.37. The number of hydrogen-bond donors (Lipinski definition) is 1. The van der Waals surface area contributed by atoms with E-state index in [1.165, 1.54) is 12.8 Å². The van der Waals surface area contributed by atoms with Crippen molar-refractivity contribution in [1.29, 1.82) is 0 Å². The summed E-state index contributed by atoms with van der Waals surface area (Å²) in [6, 6.07) is 5.40. The Labute approximate surface area is 157 Å². The molecule has 2 unspecified atom stereocenters. The Morgan fingerprint density at radius 3 is 2.76 bits per heavy atom. The number of aromatic amines is 1. The number of H-pyrrole nitrogens is 1. The van der Waals surface area contributed by atoms with Crippen LogP contribution >= 0.6 is 23.2 Å². The Kier molecular flexibility index (Phi) is 4.42. The summed E-state index contributed by atoms with van der Waals surface area (Å²) in [6.45, 7) is 4.55. The van der Waals surface area contributed by atoms with Gasteiger partial charge in [0.25, 0.3) is 0 Å². The minimum atomic E-state index is 0.464. The smallest absolute Gasteiger partial charge is 0.122 e. The molecule has 2 aromatic heterocycles. The molecule has 0 bridgehead atoms. The Balaban J connectivity index is 1.83. The van der Waals surface area contributed by atoms with Gasteiger partial charge in [0.1, 0.15) is 17.0 Å². The normalized spacial score (nSPS) is 17.0. The summed E-state index contributed by atoms with van der Waals surface area (Å²) in [5.41, 5.74) is 3.22. The highest BCUT2D eigenvalue weighted by molar-refractivity contribution is 6.36. The Morgan fingerprint density at radius 2 is 2.08 bits per heavy atom. The molecule has 1 N–H and O–H groups in total. The van der Waals surface area contributed by atoms with Crippen molar-refractivity contribution in [3.8, 4) is 11.3 Å². The van der Waals surface area contributed by atoms with E-state index in [-0.39, 0.29) is 0 Å². The monoisotopic (exact) mass is 374 g/mol. The van der Waals surface area contributed by atoms with Gasteiger partial charge in [0, 0.05) is 16.5 Å². The molecule has 4 rings (SSSR count). The fourth-order valence-electron chi connectivity index (χ4n) is 3.56. The van der Waals surface area contributed by atoms with E-state index in [0.717, 1.165) is 34.8 Å². The minimum Gasteiger partial charge on any atom is -0.340 e. The molecular formula is C19H20Cl2N4. The standard InChI is InChI=1S/C19H20Cl2N4/c1-3-10(2)16(11-4-5-11)19-23-15-9-22-25-17(18(15)24-19)13-7-6-12(20)8-14(13)21/h6-11,16H,3-5H2,1-2H3,(H,23,24). The van der Waals surface area contributed by atoms with E-state index in [0.29, 0.717) is 27.6 Å². The number of fused-ring (bicyclic) bond motifs is 1. The lowest BCUT2D eigenvalue weighted by molar-refractivity contribution is 0.393. The van der Waals surface area contributed by atoms with Crippen molar-refractivity contribution >= 4 is 34.2 Å². The first-order chi connectivity index (χ1) is 12.1. The van der Waals surface area contributed by atoms with Gasteiger partial charge in [0.15, 0.2) is 0 Å². The van der Waals surface area contributed by atoms with Crippen LogP contribution in [0.15, 0.2) is 24.4 Å². The van der Waals surface area contributed by atoms with Crippen LogP contribution in [0.4, 0.5) is 0 Å². The molecule has 1 aliphatic rings. The molecule has 3 aromatic rings. The van der Waals surface area contributed by atoms with Gasteiger partial charge in [-0.25, -0.2) is 4.98 Å². The second-order valence-electron chi connectivity index (χ2n) is 6.95. The number of benzene rings is 1. The molecule has 4 nitrogen and oxygen atoms in total. The number of nitrogens with zero attached hydrogens (tertiary/aromatic N) is 3. The number of aromatic nitrogens is 4. The summed E-state index contributed by atoms with van der Waals surface area (Å²) >= 11 is 12.4. The second-order valence-corrected chi connectivity index (χ2v) is 7.79. The first-order valence-electron chi connectivity index (χ1n) is 8.75. The van der Waals surface area contributed by atoms with Crippen LogP contribution in [0.1, 0.15) is 44.9 Å². The van der Waals surface area contributed by atoms with Crippen LogP contribution < -0.4 is 0 Å². The van der Waals surface area contributed by atoms with Crippen molar-refractivity contribution in [2.75, 3.05) is 0 Å². The fraction of sp³-hybridized carbons (Fsp3) is 0.421. The predicted octanol–water partition coefficient (Wildman–Crippen LogP) is 5.87. The molecular weight excluding hydrogens is 355 g/mol. The van der Waals surface area contributed by atoms with Crippen molar-refractivity contribution in [3.05, 3.63) is 40.3 Å². The Morgan fingerprint density at radius 1 is 1.28 bits per heavy atom. The van der Waals surface area contributed by atoms with Gasteiger partial charge >= 0.3 is 0 Å². The number of hydrogen-bond acceptors (Lipinski definition) is 3. The molecule has 1 fully saturated rings. The number of rotatable bonds is 5. The highest BCUT2D eigenvalue weighted by atomic mass is 35.5. The maximum Gasteiger partial charge on any atom is 0.122 e. The van der Waals surface area contributed by atoms with E-state index < -0.39 is 0 Å². The third-order valence-corrected chi connectivity index (χ3v) is 5.76. The molecule has 6 heteroatoms. The third kappa shape index (κ3) is 3.13. The van der Waals surface area contributed by atoms with Gasteiger partial charge in [-0.1, -0.05) is 43.5 Å². The van der Waals surface area contributed by atoms with Gasteiger partial charge in [-0.3, -0.25) is 0 Å². The van der Waals surface area contributed by atoms with E-state index in [2.05, 4.69) is 29.0 Å². The van der Waals surface area contributed by atoms with Gasteiger partial charge in [-0.15, -0.1) is 5.10 Å². The van der Waals surface area contributed by atoms with Gasteiger partial charge < -0.3 is 4.98 Å². The summed E-state index contributed by atoms with van der Waals surface area (Å²) < 4.78 is 0. The van der Waals surface area contributed by atoms with E-state index in [4.69, 9.17) is 28.2 Å². The second kappa shape index (κ2) is 6.58. The molecule has 2 heterocycles. The topological polar surface area (TPSA) is 54.5 Å². The predicted molar refractivity (Wildman–Crippen MR) is 102 cm³/mol. The summed E-state index contributed by atoms with van der Waals surface area (Å²) in [5, 5.41) is 9.60. The van der Waals surface area contributed by atoms with Crippen molar-refractivity contribution in [3.63, 3.8) is 0 Å². The largest absolute Gasteiger partial charge is 0.340 e. The molecule has 0 saturated heterocycles. The van der Waals surface area contributed by atoms with Crippen molar-refractivity contribution in [2.24, 2.45) is 11.8 Å². The fourth-order valence-corrected chi connectivity index (χ4v) is 4.06. The van der Waals surface area contributed by atoms with Gasteiger partial charge in [-0.2, -0.15) is 5.10 Å². The maximum atomic E-state index is 6.38. The van der Waals surface area contributed by atoms with E-state index >= 15 is 0 Å². The zero-order chi connectivity index (χ0) is 17.6. The maximum absolute atomic E-state index is 6.38. The van der Waals surface area contributed by atoms with Gasteiger partial charge in [0.2, 0.25) is 0 Å². The Hall–Kier alpha value is -1.65. The summed E-state index contributed by atoms with van der Waals surface area (Å²) in [6.07, 6.45) is 5.46. The molecule has 1 aliphatic carbocycles. The molecule has 1 saturated carbocycles. The molecule has 0 radical (unpaired) electrons. The first-order valence-corrected chi connectivity index (χ1v) is 9.50. The molecule has 0 spiro atoms. The van der Waals surface area contributed by atoms with Crippen LogP contribution in [0.25, 0.3) is 22.3 Å². The molecule has 0 aliphatic heterocycles. The van der Waals surface area contributed by atoms with Crippen LogP contribution in [0.3, 0.4) is 0 Å². The van der Waals surface area contributed by atoms with Gasteiger partial charge in [-0.05, 0) is 42.9 Å². The average Bonchev–Trinajstić information content (AvgIpc) is 3.32. The lowest BCUT2D eigenvalue weighted by Crippen LogP contribution is -2.13. The number of imidazole rings is 1. The lowest BCUT2D eigenvalue weighted by Gasteiger charge is -2.20. The van der Waals surface area contributed by atoms with Crippen LogP contribution in [0, 0.1) is 11.8 Å². The van der Waals surface area contributed by atoms with Crippen molar-refractivity contribution in [1.82, 2.24) is 20.2 Å². The van der Waals surface area contributed by atoms with E-state index in [1.54, 1.807) is 12.3 Å². The number of nitrogens with one attached hydrogen (secondary N) is 1. The van der Waals surface area contributed by atoms with Crippen LogP contribution in [-0.2, 0) is 0 Å². The molecule has 2 atom stereocenters. The van der Waals surface area contributed by atoms with E-state index in [9.17, 15) is 0 Å². The van der Waals surface area contributed by atoms with Crippen LogP contribution in [0.5, 0.6) is 0 Å². The molecule has 1 aromatic carbocycles. The highest BCUT2D eigenvalue weighted by Crippen LogP contribution is 2.47. The first kappa shape index (κ1) is 16.8. The molecule has 0 amide bonds. The summed E-state index contributed by atoms with van der Waals surface area (Å²) in [4.78, 5) is 8.42. The lowest BCUT2D eigenvalue weighted by atomic mass is 9.87. The SMILES string of the molecule is CCC(C)C(c1nc2c(-c3ccc(Cl)cc3Cl)nncc2[nH]1)C1CC1. The molecule has 130 valence electrons. The zero-order valence-corrected chi connectivity index (χ0v) is 15.8. The quantitative estimate of drug-likeness (QED) is 0.607. The minimum absolute atomic E-state index is 0.464. The van der Waals surface area contributed by atoms with Gasteiger partial charge in [0.05, 0.1) is 16.7 Å². The van der Waals surface area contributed by atoms with Crippen molar-refractivity contribution < 1.29 is 0 Å². The third-order valence-electron chi connectivity index (χ3n) is 5.21. The van der Waals surface area contributed by atoms with Crippen molar-refractivity contribution in [2.45, 2.75) is 39.0 Å². The summed E-state index contributed by atoms with van der Waals surface area (Å²) in [7, 11) is 0.